The van der Waals surface area contributed by atoms with Gasteiger partial charge in [-0.15, -0.1) is 0 Å². The Balaban J connectivity index is 2.13. The predicted octanol–water partition coefficient (Wildman–Crippen LogP) is -3.57. The van der Waals surface area contributed by atoms with Crippen molar-refractivity contribution in [2.45, 2.75) is 68.6 Å². The van der Waals surface area contributed by atoms with Crippen molar-refractivity contribution < 1.29 is 49.3 Å². The molecule has 152 valence electrons. The minimum atomic E-state index is -1.64. The van der Waals surface area contributed by atoms with Crippen molar-refractivity contribution in [3.8, 4) is 0 Å². The number of ether oxygens (including phenoxy) is 4. The molecule has 0 aromatic heterocycles. The number of nitrogens with one attached hydrogen (secondary N) is 1. The average molecular weight is 381 g/mol. The Labute approximate surface area is 150 Å². The van der Waals surface area contributed by atoms with Gasteiger partial charge in [0.15, 0.2) is 12.6 Å². The fourth-order valence-electron chi connectivity index (χ4n) is 3.17. The Bertz CT molecular complexity index is 466. The van der Waals surface area contributed by atoms with Crippen LogP contribution in [0.4, 0.5) is 0 Å². The minimum absolute atomic E-state index is 0.257. The van der Waals surface area contributed by atoms with Crippen LogP contribution in [0.5, 0.6) is 0 Å². The number of methoxy groups -OCH3 is 1. The average Bonchev–Trinajstić information content (AvgIpc) is 2.61. The third kappa shape index (κ3) is 4.68. The zero-order valence-electron chi connectivity index (χ0n) is 14.6. The lowest BCUT2D eigenvalue weighted by Gasteiger charge is -2.45. The maximum atomic E-state index is 11.5. The summed E-state index contributed by atoms with van der Waals surface area (Å²) in [6.07, 6.45) is -9.38. The molecule has 0 aromatic rings. The van der Waals surface area contributed by atoms with Crippen molar-refractivity contribution in [3.63, 3.8) is 0 Å². The van der Waals surface area contributed by atoms with E-state index in [0.717, 1.165) is 0 Å². The van der Waals surface area contributed by atoms with Crippen LogP contribution in [0.15, 0.2) is 0 Å². The summed E-state index contributed by atoms with van der Waals surface area (Å²) >= 11 is 0. The summed E-state index contributed by atoms with van der Waals surface area (Å²) in [5.74, 6) is -0.356. The summed E-state index contributed by atoms with van der Waals surface area (Å²) in [4.78, 5) is 11.5. The van der Waals surface area contributed by atoms with Crippen LogP contribution in [0, 0.1) is 0 Å². The maximum absolute atomic E-state index is 11.5. The number of carbonyl (C=O) groups excluding carboxylic acids is 1. The van der Waals surface area contributed by atoms with Gasteiger partial charge in [-0.05, 0) is 0 Å². The monoisotopic (exact) mass is 381 g/mol. The number of aliphatic hydroxyl groups is 5. The molecule has 1 amide bonds. The van der Waals surface area contributed by atoms with Gasteiger partial charge in [0.05, 0.1) is 25.4 Å². The summed E-state index contributed by atoms with van der Waals surface area (Å²) in [5.41, 5.74) is 0. The summed E-state index contributed by atoms with van der Waals surface area (Å²) in [6.45, 7) is 0.339. The van der Waals surface area contributed by atoms with Crippen LogP contribution in [0.2, 0.25) is 0 Å². The molecule has 2 rings (SSSR count). The first-order valence-corrected chi connectivity index (χ1v) is 8.34. The highest BCUT2D eigenvalue weighted by molar-refractivity contribution is 5.73. The highest BCUT2D eigenvalue weighted by Crippen LogP contribution is 2.28. The molecule has 26 heavy (non-hydrogen) atoms. The second-order valence-electron chi connectivity index (χ2n) is 6.37. The largest absolute Gasteiger partial charge is 0.394 e. The number of hydrogen-bond donors (Lipinski definition) is 6. The van der Waals surface area contributed by atoms with Crippen LogP contribution in [-0.2, 0) is 23.7 Å². The Morgan fingerprint density at radius 3 is 2.31 bits per heavy atom. The molecule has 6 N–H and O–H groups in total. The van der Waals surface area contributed by atoms with Gasteiger partial charge in [0, 0.05) is 20.5 Å². The van der Waals surface area contributed by atoms with E-state index < -0.39 is 61.9 Å². The first-order valence-electron chi connectivity index (χ1n) is 8.34. The fourth-order valence-corrected chi connectivity index (χ4v) is 3.17. The topological polar surface area (TPSA) is 167 Å². The molecule has 0 spiro atoms. The second-order valence-corrected chi connectivity index (χ2v) is 6.37. The smallest absolute Gasteiger partial charge is 0.217 e. The van der Waals surface area contributed by atoms with Gasteiger partial charge in [-0.1, -0.05) is 0 Å². The van der Waals surface area contributed by atoms with E-state index in [1.807, 2.05) is 0 Å². The molecular weight excluding hydrogens is 354 g/mol. The van der Waals surface area contributed by atoms with Gasteiger partial charge in [0.1, 0.15) is 30.5 Å². The van der Waals surface area contributed by atoms with Crippen molar-refractivity contribution in [1.29, 1.82) is 0 Å². The van der Waals surface area contributed by atoms with Crippen molar-refractivity contribution in [2.75, 3.05) is 20.3 Å². The third-order valence-electron chi connectivity index (χ3n) is 4.54. The van der Waals surface area contributed by atoms with E-state index in [2.05, 4.69) is 5.32 Å². The van der Waals surface area contributed by atoms with E-state index in [9.17, 15) is 25.2 Å². The van der Waals surface area contributed by atoms with Gasteiger partial charge in [-0.3, -0.25) is 4.79 Å². The van der Waals surface area contributed by atoms with E-state index in [1.54, 1.807) is 0 Å². The number of hydrogen-bond acceptors (Lipinski definition) is 10. The summed E-state index contributed by atoms with van der Waals surface area (Å²) in [5, 5.41) is 51.4. The first-order chi connectivity index (χ1) is 12.3. The highest BCUT2D eigenvalue weighted by atomic mass is 16.7. The van der Waals surface area contributed by atoms with Crippen LogP contribution in [0.25, 0.3) is 0 Å². The van der Waals surface area contributed by atoms with Gasteiger partial charge in [0.25, 0.3) is 0 Å². The van der Waals surface area contributed by atoms with Gasteiger partial charge in [-0.25, -0.2) is 0 Å². The quantitative estimate of drug-likeness (QED) is 0.271. The Kier molecular flexibility index (Phi) is 7.70. The summed E-state index contributed by atoms with van der Waals surface area (Å²) in [6, 6.07) is -0.688. The van der Waals surface area contributed by atoms with Crippen molar-refractivity contribution in [3.05, 3.63) is 0 Å². The lowest BCUT2D eigenvalue weighted by atomic mass is 9.97. The number of carbonyl (C=O) groups is 1. The molecule has 0 aliphatic carbocycles. The molecule has 2 saturated heterocycles. The SMILES string of the molecule is COC1CC(NC(C)=O)C(OC2C(O)OC(CO)C(O)C2O)OC1CO. The third-order valence-corrected chi connectivity index (χ3v) is 4.54. The lowest BCUT2D eigenvalue weighted by Crippen LogP contribution is -2.63. The van der Waals surface area contributed by atoms with Crippen LogP contribution in [0.3, 0.4) is 0 Å². The molecule has 2 fully saturated rings. The number of aliphatic hydroxyl groups excluding tert-OH is 5. The predicted molar refractivity (Wildman–Crippen MR) is 83.6 cm³/mol. The van der Waals surface area contributed by atoms with Gasteiger partial charge in [0.2, 0.25) is 5.91 Å². The van der Waals surface area contributed by atoms with Crippen LogP contribution >= 0.6 is 0 Å². The molecule has 0 aromatic carbocycles. The molecule has 2 heterocycles. The molecular formula is C15H27NO10. The molecule has 11 nitrogen and oxygen atoms in total. The Morgan fingerprint density at radius 1 is 1.12 bits per heavy atom. The Hall–Kier alpha value is -0.890. The second kappa shape index (κ2) is 9.35. The van der Waals surface area contributed by atoms with Gasteiger partial charge >= 0.3 is 0 Å². The maximum Gasteiger partial charge on any atom is 0.217 e. The summed E-state index contributed by atoms with van der Waals surface area (Å²) < 4.78 is 21.5. The number of amides is 1. The highest BCUT2D eigenvalue weighted by Gasteiger charge is 2.48. The Morgan fingerprint density at radius 2 is 1.77 bits per heavy atom. The first kappa shape index (κ1) is 21.4. The van der Waals surface area contributed by atoms with Crippen LogP contribution < -0.4 is 5.32 Å². The van der Waals surface area contributed by atoms with E-state index in [0.29, 0.717) is 0 Å². The van der Waals surface area contributed by atoms with Gasteiger partial charge in [-0.2, -0.15) is 0 Å². The van der Waals surface area contributed by atoms with Crippen molar-refractivity contribution in [1.82, 2.24) is 5.32 Å². The molecule has 9 unspecified atom stereocenters. The van der Waals surface area contributed by atoms with Crippen LogP contribution in [0.1, 0.15) is 13.3 Å². The standard InChI is InChI=1S/C15H27NO10/c1-6(19)16-7-3-8(23-2)9(4-17)25-15(7)26-13-12(21)11(20)10(5-18)24-14(13)22/h7-15,17-18,20-22H,3-5H2,1-2H3,(H,16,19). The fraction of sp³-hybridized carbons (Fsp3) is 0.933. The lowest BCUT2D eigenvalue weighted by molar-refractivity contribution is -0.341. The molecule has 0 bridgehead atoms. The van der Waals surface area contributed by atoms with E-state index in [1.165, 1.54) is 14.0 Å². The van der Waals surface area contributed by atoms with Crippen LogP contribution in [-0.4, -0.2) is 107 Å². The summed E-state index contributed by atoms with van der Waals surface area (Å²) in [7, 11) is 1.44. The molecule has 9 atom stereocenters. The minimum Gasteiger partial charge on any atom is -0.394 e. The molecule has 0 radical (unpaired) electrons. The van der Waals surface area contributed by atoms with E-state index >= 15 is 0 Å². The van der Waals surface area contributed by atoms with E-state index in [4.69, 9.17) is 24.1 Å². The molecule has 11 heteroatoms. The van der Waals surface area contributed by atoms with Crippen molar-refractivity contribution in [2.24, 2.45) is 0 Å². The normalized spacial score (nSPS) is 43.9. The molecule has 0 saturated carbocycles. The molecule has 2 aliphatic heterocycles. The van der Waals surface area contributed by atoms with Gasteiger partial charge < -0.3 is 49.8 Å². The zero-order chi connectivity index (χ0) is 19.4. The number of rotatable bonds is 6. The zero-order valence-corrected chi connectivity index (χ0v) is 14.6. The van der Waals surface area contributed by atoms with E-state index in [-0.39, 0.29) is 18.9 Å². The van der Waals surface area contributed by atoms with Crippen molar-refractivity contribution >= 4 is 5.91 Å². The molecule has 2 aliphatic rings.